The average Bonchev–Trinajstić information content (AvgIpc) is 2.88. The molecule has 1 fully saturated rings. The van der Waals surface area contributed by atoms with Gasteiger partial charge in [0.05, 0.1) is 6.10 Å². The van der Waals surface area contributed by atoms with Gasteiger partial charge in [0.2, 0.25) is 0 Å². The topological polar surface area (TPSA) is 65.1 Å². The standard InChI is InChI=1S/C15H18N2O2/c18-13-4-2-12(3-5-13)17-15(19)11-1-6-14-10(9-11)7-8-16-14/h1,6-9,12-13,16,18H,2-5H2,(H,17,19). The van der Waals surface area contributed by atoms with Crippen LogP contribution in [0.25, 0.3) is 10.9 Å². The molecule has 1 amide bonds. The fraction of sp³-hybridized carbons (Fsp3) is 0.400. The van der Waals surface area contributed by atoms with E-state index in [0.717, 1.165) is 36.6 Å². The van der Waals surface area contributed by atoms with E-state index in [9.17, 15) is 9.90 Å². The van der Waals surface area contributed by atoms with Gasteiger partial charge in [0.1, 0.15) is 0 Å². The zero-order valence-electron chi connectivity index (χ0n) is 10.7. The first-order chi connectivity index (χ1) is 9.22. The van der Waals surface area contributed by atoms with Gasteiger partial charge in [0.25, 0.3) is 5.91 Å². The Morgan fingerprint density at radius 2 is 2.00 bits per heavy atom. The number of benzene rings is 1. The molecule has 0 saturated heterocycles. The first-order valence-corrected chi connectivity index (χ1v) is 6.78. The maximum absolute atomic E-state index is 12.2. The highest BCUT2D eigenvalue weighted by Gasteiger charge is 2.21. The highest BCUT2D eigenvalue weighted by atomic mass is 16.3. The minimum Gasteiger partial charge on any atom is -0.393 e. The largest absolute Gasteiger partial charge is 0.393 e. The van der Waals surface area contributed by atoms with Crippen molar-refractivity contribution >= 4 is 16.8 Å². The summed E-state index contributed by atoms with van der Waals surface area (Å²) in [6.07, 6.45) is 4.96. The van der Waals surface area contributed by atoms with E-state index in [1.165, 1.54) is 0 Å². The maximum Gasteiger partial charge on any atom is 0.251 e. The first-order valence-electron chi connectivity index (χ1n) is 6.78. The van der Waals surface area contributed by atoms with Crippen molar-refractivity contribution in [2.75, 3.05) is 0 Å². The smallest absolute Gasteiger partial charge is 0.251 e. The van der Waals surface area contributed by atoms with Crippen molar-refractivity contribution in [2.45, 2.75) is 37.8 Å². The van der Waals surface area contributed by atoms with Crippen molar-refractivity contribution in [3.8, 4) is 0 Å². The van der Waals surface area contributed by atoms with Gasteiger partial charge in [0, 0.05) is 28.7 Å². The molecular weight excluding hydrogens is 240 g/mol. The Kier molecular flexibility index (Phi) is 3.25. The summed E-state index contributed by atoms with van der Waals surface area (Å²) in [5.74, 6) is -0.0236. The molecule has 1 aliphatic carbocycles. The SMILES string of the molecule is O=C(NC1CCC(O)CC1)c1ccc2[nH]ccc2c1. The minimum absolute atomic E-state index is 0.0236. The molecule has 0 unspecified atom stereocenters. The van der Waals surface area contributed by atoms with Crippen LogP contribution in [-0.2, 0) is 0 Å². The molecule has 2 aromatic rings. The summed E-state index contributed by atoms with van der Waals surface area (Å²) < 4.78 is 0. The van der Waals surface area contributed by atoms with Crippen LogP contribution in [0.3, 0.4) is 0 Å². The van der Waals surface area contributed by atoms with E-state index in [0.29, 0.717) is 5.56 Å². The second-order valence-electron chi connectivity index (χ2n) is 5.26. The van der Waals surface area contributed by atoms with E-state index in [1.807, 2.05) is 30.5 Å². The maximum atomic E-state index is 12.2. The number of rotatable bonds is 2. The quantitative estimate of drug-likeness (QED) is 0.773. The molecule has 19 heavy (non-hydrogen) atoms. The van der Waals surface area contributed by atoms with E-state index in [2.05, 4.69) is 10.3 Å². The molecule has 1 aromatic heterocycles. The van der Waals surface area contributed by atoms with E-state index in [-0.39, 0.29) is 18.1 Å². The Labute approximate surface area is 111 Å². The summed E-state index contributed by atoms with van der Waals surface area (Å²) in [6, 6.07) is 7.82. The van der Waals surface area contributed by atoms with Gasteiger partial charge in [-0.25, -0.2) is 0 Å². The van der Waals surface area contributed by atoms with Gasteiger partial charge in [-0.05, 0) is 49.9 Å². The van der Waals surface area contributed by atoms with E-state index < -0.39 is 0 Å². The van der Waals surface area contributed by atoms with Crippen LogP contribution in [0.1, 0.15) is 36.0 Å². The molecule has 4 heteroatoms. The summed E-state index contributed by atoms with van der Waals surface area (Å²) in [7, 11) is 0. The molecule has 0 spiro atoms. The number of aromatic amines is 1. The number of nitrogens with one attached hydrogen (secondary N) is 2. The molecule has 0 radical (unpaired) electrons. The third-order valence-electron chi connectivity index (χ3n) is 3.85. The minimum atomic E-state index is -0.190. The number of hydrogen-bond acceptors (Lipinski definition) is 2. The number of aliphatic hydroxyl groups is 1. The van der Waals surface area contributed by atoms with Crippen molar-refractivity contribution in [1.29, 1.82) is 0 Å². The predicted molar refractivity (Wildman–Crippen MR) is 74.0 cm³/mol. The van der Waals surface area contributed by atoms with Crippen LogP contribution < -0.4 is 5.32 Å². The number of aliphatic hydroxyl groups excluding tert-OH is 1. The molecule has 1 aliphatic rings. The van der Waals surface area contributed by atoms with Crippen LogP contribution in [0.5, 0.6) is 0 Å². The molecule has 1 aromatic carbocycles. The second-order valence-corrected chi connectivity index (χ2v) is 5.26. The van der Waals surface area contributed by atoms with E-state index in [1.54, 1.807) is 0 Å². The summed E-state index contributed by atoms with van der Waals surface area (Å²) in [5.41, 5.74) is 1.73. The molecule has 0 aliphatic heterocycles. The Balaban J connectivity index is 1.69. The Morgan fingerprint density at radius 1 is 1.21 bits per heavy atom. The van der Waals surface area contributed by atoms with Gasteiger partial charge in [-0.1, -0.05) is 0 Å². The lowest BCUT2D eigenvalue weighted by Gasteiger charge is -2.26. The second kappa shape index (κ2) is 5.05. The van der Waals surface area contributed by atoms with Gasteiger partial charge >= 0.3 is 0 Å². The van der Waals surface area contributed by atoms with Crippen molar-refractivity contribution in [3.63, 3.8) is 0 Å². The lowest BCUT2D eigenvalue weighted by molar-refractivity contribution is 0.0868. The zero-order valence-corrected chi connectivity index (χ0v) is 10.7. The van der Waals surface area contributed by atoms with Crippen molar-refractivity contribution in [3.05, 3.63) is 36.0 Å². The van der Waals surface area contributed by atoms with Crippen LogP contribution in [0.15, 0.2) is 30.5 Å². The predicted octanol–water partition coefficient (Wildman–Crippen LogP) is 2.20. The number of fused-ring (bicyclic) bond motifs is 1. The van der Waals surface area contributed by atoms with Crippen molar-refractivity contribution < 1.29 is 9.90 Å². The van der Waals surface area contributed by atoms with Crippen LogP contribution in [0.4, 0.5) is 0 Å². The number of hydrogen-bond donors (Lipinski definition) is 3. The number of H-pyrrole nitrogens is 1. The monoisotopic (exact) mass is 258 g/mol. The lowest BCUT2D eigenvalue weighted by atomic mass is 9.93. The molecule has 3 N–H and O–H groups in total. The first kappa shape index (κ1) is 12.2. The average molecular weight is 258 g/mol. The third-order valence-corrected chi connectivity index (χ3v) is 3.85. The van der Waals surface area contributed by atoms with Gasteiger partial charge in [-0.3, -0.25) is 4.79 Å². The molecule has 1 heterocycles. The van der Waals surface area contributed by atoms with Crippen LogP contribution in [0, 0.1) is 0 Å². The molecule has 0 bridgehead atoms. The zero-order chi connectivity index (χ0) is 13.2. The van der Waals surface area contributed by atoms with Crippen LogP contribution >= 0.6 is 0 Å². The molecular formula is C15H18N2O2. The fourth-order valence-corrected chi connectivity index (χ4v) is 2.68. The summed E-state index contributed by atoms with van der Waals surface area (Å²) >= 11 is 0. The summed E-state index contributed by atoms with van der Waals surface area (Å²) in [5, 5.41) is 13.6. The Bertz CT molecular complexity index is 583. The Morgan fingerprint density at radius 3 is 2.79 bits per heavy atom. The van der Waals surface area contributed by atoms with Crippen molar-refractivity contribution in [2.24, 2.45) is 0 Å². The lowest BCUT2D eigenvalue weighted by Crippen LogP contribution is -2.38. The normalized spacial score (nSPS) is 23.4. The van der Waals surface area contributed by atoms with Crippen LogP contribution in [-0.4, -0.2) is 28.1 Å². The van der Waals surface area contributed by atoms with Gasteiger partial charge in [-0.15, -0.1) is 0 Å². The molecule has 3 rings (SSSR count). The summed E-state index contributed by atoms with van der Waals surface area (Å²) in [6.45, 7) is 0. The number of aromatic nitrogens is 1. The summed E-state index contributed by atoms with van der Waals surface area (Å²) in [4.78, 5) is 15.3. The Hall–Kier alpha value is -1.81. The highest BCUT2D eigenvalue weighted by molar-refractivity contribution is 5.98. The van der Waals surface area contributed by atoms with Gasteiger partial charge in [0.15, 0.2) is 0 Å². The van der Waals surface area contributed by atoms with E-state index in [4.69, 9.17) is 0 Å². The third kappa shape index (κ3) is 2.63. The van der Waals surface area contributed by atoms with Gasteiger partial charge in [-0.2, -0.15) is 0 Å². The van der Waals surface area contributed by atoms with Crippen molar-refractivity contribution in [1.82, 2.24) is 10.3 Å². The highest BCUT2D eigenvalue weighted by Crippen LogP contribution is 2.19. The van der Waals surface area contributed by atoms with E-state index >= 15 is 0 Å². The molecule has 1 saturated carbocycles. The molecule has 100 valence electrons. The van der Waals surface area contributed by atoms with Gasteiger partial charge < -0.3 is 15.4 Å². The van der Waals surface area contributed by atoms with Crippen LogP contribution in [0.2, 0.25) is 0 Å². The molecule has 4 nitrogen and oxygen atoms in total. The fourth-order valence-electron chi connectivity index (χ4n) is 2.68. The number of carbonyl (C=O) groups excluding carboxylic acids is 1. The molecule has 0 atom stereocenters. The number of amides is 1. The number of carbonyl (C=O) groups is 1.